The van der Waals surface area contributed by atoms with Gasteiger partial charge in [0.2, 0.25) is 0 Å². The zero-order valence-corrected chi connectivity index (χ0v) is 9.28. The molecular weight excluding hydrogens is 236 g/mol. The molecule has 0 saturated carbocycles. The summed E-state index contributed by atoms with van der Waals surface area (Å²) in [5.74, 6) is 0. The van der Waals surface area contributed by atoms with E-state index in [0.717, 1.165) is 5.56 Å². The second-order valence-electron chi connectivity index (χ2n) is 3.63. The van der Waals surface area contributed by atoms with Crippen molar-refractivity contribution >= 4 is 17.3 Å². The first-order chi connectivity index (χ1) is 8.20. The number of fused-ring (bicyclic) bond motifs is 3. The molecule has 1 aliphatic carbocycles. The molecule has 0 spiro atoms. The predicted octanol–water partition coefficient (Wildman–Crippen LogP) is 2.40. The standard InChI is InChI=1S/C12H5ClN4/c13-6-1-2-8-9(3-6)10(15)12-11(8)17-7(4-14)5-16-12/h1-3,5,15H. The molecule has 2 aromatic rings. The molecule has 3 rings (SSSR count). The van der Waals surface area contributed by atoms with Crippen LogP contribution in [0.4, 0.5) is 0 Å². The van der Waals surface area contributed by atoms with Crippen LogP contribution in [0.15, 0.2) is 24.4 Å². The molecule has 1 aliphatic rings. The van der Waals surface area contributed by atoms with Gasteiger partial charge in [0.25, 0.3) is 0 Å². The summed E-state index contributed by atoms with van der Waals surface area (Å²) in [7, 11) is 0. The van der Waals surface area contributed by atoms with Crippen molar-refractivity contribution in [3.63, 3.8) is 0 Å². The van der Waals surface area contributed by atoms with Crippen molar-refractivity contribution in [2.24, 2.45) is 0 Å². The zero-order chi connectivity index (χ0) is 12.0. The predicted molar refractivity (Wildman–Crippen MR) is 63.1 cm³/mol. The Hall–Kier alpha value is -2.25. The van der Waals surface area contributed by atoms with Gasteiger partial charge in [-0.3, -0.25) is 5.41 Å². The third kappa shape index (κ3) is 1.33. The Morgan fingerprint density at radius 1 is 1.24 bits per heavy atom. The molecule has 1 aromatic carbocycles. The molecule has 0 atom stereocenters. The third-order valence-electron chi connectivity index (χ3n) is 2.63. The molecule has 1 N–H and O–H groups in total. The van der Waals surface area contributed by atoms with E-state index in [4.69, 9.17) is 22.3 Å². The summed E-state index contributed by atoms with van der Waals surface area (Å²) < 4.78 is 0. The molecule has 0 aliphatic heterocycles. The van der Waals surface area contributed by atoms with Crippen molar-refractivity contribution in [1.82, 2.24) is 9.97 Å². The summed E-state index contributed by atoms with van der Waals surface area (Å²) in [6.07, 6.45) is 1.38. The highest BCUT2D eigenvalue weighted by atomic mass is 35.5. The SMILES string of the molecule is N#Cc1cnc2c(n1)-c1ccc(Cl)cc1C2=N. The van der Waals surface area contributed by atoms with Gasteiger partial charge < -0.3 is 0 Å². The van der Waals surface area contributed by atoms with Crippen molar-refractivity contribution in [3.8, 4) is 17.3 Å². The Morgan fingerprint density at radius 3 is 2.82 bits per heavy atom. The molecule has 5 heteroatoms. The first-order valence-corrected chi connectivity index (χ1v) is 5.25. The van der Waals surface area contributed by atoms with Gasteiger partial charge in [-0.05, 0) is 12.1 Å². The second kappa shape index (κ2) is 3.37. The molecule has 0 unspecified atom stereocenters. The maximum Gasteiger partial charge on any atom is 0.159 e. The number of nitriles is 1. The van der Waals surface area contributed by atoms with Crippen molar-refractivity contribution in [3.05, 3.63) is 46.4 Å². The minimum absolute atomic E-state index is 0.249. The van der Waals surface area contributed by atoms with Crippen LogP contribution in [-0.2, 0) is 0 Å². The summed E-state index contributed by atoms with van der Waals surface area (Å²) in [6.45, 7) is 0. The number of nitrogens with one attached hydrogen (secondary N) is 1. The van der Waals surface area contributed by atoms with Crippen molar-refractivity contribution in [2.45, 2.75) is 0 Å². The molecular formula is C12H5ClN4. The lowest BCUT2D eigenvalue weighted by molar-refractivity contribution is 1.16. The maximum atomic E-state index is 8.80. The van der Waals surface area contributed by atoms with Crippen LogP contribution in [0.3, 0.4) is 0 Å². The Labute approximate surface area is 102 Å². The van der Waals surface area contributed by atoms with Gasteiger partial charge in [0.1, 0.15) is 17.5 Å². The van der Waals surface area contributed by atoms with E-state index in [1.54, 1.807) is 18.2 Å². The Morgan fingerprint density at radius 2 is 2.06 bits per heavy atom. The number of nitrogens with zero attached hydrogens (tertiary/aromatic N) is 3. The lowest BCUT2D eigenvalue weighted by Gasteiger charge is -1.98. The van der Waals surface area contributed by atoms with E-state index in [-0.39, 0.29) is 5.69 Å². The highest BCUT2D eigenvalue weighted by Gasteiger charge is 2.26. The van der Waals surface area contributed by atoms with Crippen LogP contribution >= 0.6 is 11.6 Å². The molecule has 4 nitrogen and oxygen atoms in total. The quantitative estimate of drug-likeness (QED) is 0.656. The minimum atomic E-state index is 0.249. The van der Waals surface area contributed by atoms with Gasteiger partial charge in [-0.15, -0.1) is 0 Å². The van der Waals surface area contributed by atoms with E-state index >= 15 is 0 Å². The molecule has 1 aromatic heterocycles. The van der Waals surface area contributed by atoms with Crippen LogP contribution in [-0.4, -0.2) is 15.7 Å². The van der Waals surface area contributed by atoms with E-state index in [9.17, 15) is 0 Å². The van der Waals surface area contributed by atoms with Crippen LogP contribution in [0, 0.1) is 16.7 Å². The van der Waals surface area contributed by atoms with Gasteiger partial charge in [-0.2, -0.15) is 5.26 Å². The van der Waals surface area contributed by atoms with Crippen molar-refractivity contribution in [2.75, 3.05) is 0 Å². The van der Waals surface area contributed by atoms with E-state index in [2.05, 4.69) is 9.97 Å². The number of halogens is 1. The molecule has 1 heterocycles. The summed E-state index contributed by atoms with van der Waals surface area (Å²) in [4.78, 5) is 8.29. The molecule has 0 bridgehead atoms. The highest BCUT2D eigenvalue weighted by molar-refractivity contribution is 6.32. The van der Waals surface area contributed by atoms with Gasteiger partial charge in [0.05, 0.1) is 11.9 Å². The largest absolute Gasteiger partial charge is 0.298 e. The number of hydrogen-bond acceptors (Lipinski definition) is 4. The molecule has 0 radical (unpaired) electrons. The van der Waals surface area contributed by atoms with Crippen molar-refractivity contribution in [1.29, 1.82) is 10.7 Å². The summed E-state index contributed by atoms with van der Waals surface area (Å²) in [6, 6.07) is 7.20. The monoisotopic (exact) mass is 240 g/mol. The van der Waals surface area contributed by atoms with Crippen LogP contribution < -0.4 is 0 Å². The second-order valence-corrected chi connectivity index (χ2v) is 4.07. The highest BCUT2D eigenvalue weighted by Crippen LogP contribution is 2.35. The van der Waals surface area contributed by atoms with Gasteiger partial charge in [0.15, 0.2) is 5.69 Å². The number of aromatic nitrogens is 2. The Kier molecular flexibility index (Phi) is 1.97. The number of rotatable bonds is 0. The average Bonchev–Trinajstić information content (AvgIpc) is 2.62. The van der Waals surface area contributed by atoms with Crippen LogP contribution in [0.5, 0.6) is 0 Å². The van der Waals surface area contributed by atoms with Gasteiger partial charge >= 0.3 is 0 Å². The normalized spacial score (nSPS) is 11.9. The molecule has 0 amide bonds. The van der Waals surface area contributed by atoms with Gasteiger partial charge in [0, 0.05) is 16.1 Å². The lowest BCUT2D eigenvalue weighted by Crippen LogP contribution is -1.99. The summed E-state index contributed by atoms with van der Waals surface area (Å²) >= 11 is 5.90. The van der Waals surface area contributed by atoms with E-state index in [1.807, 2.05) is 6.07 Å². The minimum Gasteiger partial charge on any atom is -0.298 e. The van der Waals surface area contributed by atoms with Gasteiger partial charge in [-0.25, -0.2) is 9.97 Å². The molecule has 17 heavy (non-hydrogen) atoms. The first-order valence-electron chi connectivity index (χ1n) is 4.87. The van der Waals surface area contributed by atoms with E-state index < -0.39 is 0 Å². The fraction of sp³-hybridized carbons (Fsp3) is 0. The van der Waals surface area contributed by atoms with Crippen LogP contribution in [0.2, 0.25) is 5.02 Å². The van der Waals surface area contributed by atoms with Crippen molar-refractivity contribution < 1.29 is 0 Å². The number of benzene rings is 1. The fourth-order valence-corrected chi connectivity index (χ4v) is 2.04. The third-order valence-corrected chi connectivity index (χ3v) is 2.87. The maximum absolute atomic E-state index is 8.80. The molecule has 0 saturated heterocycles. The number of hydrogen-bond donors (Lipinski definition) is 1. The lowest BCUT2D eigenvalue weighted by atomic mass is 10.1. The molecule has 80 valence electrons. The van der Waals surface area contributed by atoms with Crippen LogP contribution in [0.1, 0.15) is 17.0 Å². The molecule has 0 fully saturated rings. The summed E-state index contributed by atoms with van der Waals surface area (Å²) in [5, 5.41) is 17.4. The zero-order valence-electron chi connectivity index (χ0n) is 8.53. The van der Waals surface area contributed by atoms with E-state index in [1.165, 1.54) is 6.20 Å². The Bertz CT molecular complexity index is 700. The van der Waals surface area contributed by atoms with Gasteiger partial charge in [-0.1, -0.05) is 17.7 Å². The Balaban J connectivity index is 2.34. The average molecular weight is 241 g/mol. The topological polar surface area (TPSA) is 73.4 Å². The first kappa shape index (κ1) is 9.94. The van der Waals surface area contributed by atoms with E-state index in [0.29, 0.717) is 27.7 Å². The summed E-state index contributed by atoms with van der Waals surface area (Å²) in [5.41, 5.74) is 3.15. The fourth-order valence-electron chi connectivity index (χ4n) is 1.87. The van der Waals surface area contributed by atoms with Crippen LogP contribution in [0.25, 0.3) is 11.3 Å². The smallest absolute Gasteiger partial charge is 0.159 e.